The summed E-state index contributed by atoms with van der Waals surface area (Å²) in [6, 6.07) is 4.93. The maximum Gasteiger partial charge on any atom is 0.254 e. The SMILES string of the molecule is Nc1ccc(C(=O)N2CCN(C(=O)C3CC3)CC2)cc1Cl. The van der Waals surface area contributed by atoms with Crippen molar-refractivity contribution in [2.75, 3.05) is 31.9 Å². The van der Waals surface area contributed by atoms with Crippen LogP contribution in [0.25, 0.3) is 0 Å². The van der Waals surface area contributed by atoms with E-state index < -0.39 is 0 Å². The van der Waals surface area contributed by atoms with Crippen LogP contribution in [-0.4, -0.2) is 47.8 Å². The molecule has 2 fully saturated rings. The molecule has 0 spiro atoms. The van der Waals surface area contributed by atoms with Crippen molar-refractivity contribution in [1.29, 1.82) is 0 Å². The summed E-state index contributed by atoms with van der Waals surface area (Å²) >= 11 is 5.95. The Hall–Kier alpha value is -1.75. The van der Waals surface area contributed by atoms with Crippen molar-refractivity contribution in [3.8, 4) is 0 Å². The molecule has 2 aliphatic rings. The molecule has 1 aromatic carbocycles. The van der Waals surface area contributed by atoms with E-state index in [0.29, 0.717) is 42.5 Å². The highest BCUT2D eigenvalue weighted by atomic mass is 35.5. The molecule has 0 atom stereocenters. The summed E-state index contributed by atoms with van der Waals surface area (Å²) in [6.45, 7) is 2.37. The van der Waals surface area contributed by atoms with Crippen molar-refractivity contribution in [3.05, 3.63) is 28.8 Å². The number of benzene rings is 1. The van der Waals surface area contributed by atoms with Gasteiger partial charge in [0.15, 0.2) is 0 Å². The topological polar surface area (TPSA) is 66.6 Å². The fraction of sp³-hybridized carbons (Fsp3) is 0.467. The molecule has 1 aliphatic heterocycles. The van der Waals surface area contributed by atoms with Crippen LogP contribution in [0.5, 0.6) is 0 Å². The minimum Gasteiger partial charge on any atom is -0.398 e. The van der Waals surface area contributed by atoms with Crippen molar-refractivity contribution in [3.63, 3.8) is 0 Å². The molecule has 1 aromatic rings. The fourth-order valence-corrected chi connectivity index (χ4v) is 2.74. The minimum absolute atomic E-state index is 0.0598. The number of carbonyl (C=O) groups excluding carboxylic acids is 2. The minimum atomic E-state index is -0.0598. The summed E-state index contributed by atoms with van der Waals surface area (Å²) in [5.74, 6) is 0.427. The highest BCUT2D eigenvalue weighted by molar-refractivity contribution is 6.33. The van der Waals surface area contributed by atoms with E-state index in [9.17, 15) is 9.59 Å². The molecule has 2 amide bonds. The van der Waals surface area contributed by atoms with Gasteiger partial charge >= 0.3 is 0 Å². The maximum atomic E-state index is 12.4. The summed E-state index contributed by atoms with van der Waals surface area (Å²) in [5, 5.41) is 0.392. The number of halogens is 1. The Bertz CT molecular complexity index is 578. The lowest BCUT2D eigenvalue weighted by atomic mass is 10.1. The van der Waals surface area contributed by atoms with Gasteiger partial charge in [0.1, 0.15) is 0 Å². The van der Waals surface area contributed by atoms with Crippen molar-refractivity contribution in [2.24, 2.45) is 5.92 Å². The Labute approximate surface area is 128 Å². The normalized spacial score (nSPS) is 18.7. The Kier molecular flexibility index (Phi) is 3.76. The Balaban J connectivity index is 1.61. The van der Waals surface area contributed by atoms with E-state index in [1.807, 2.05) is 4.90 Å². The number of nitrogens with two attached hydrogens (primary N) is 1. The predicted octanol–water partition coefficient (Wildman–Crippen LogP) is 1.62. The number of hydrogen-bond donors (Lipinski definition) is 1. The first-order chi connectivity index (χ1) is 10.1. The predicted molar refractivity (Wildman–Crippen MR) is 81.1 cm³/mol. The molecule has 3 rings (SSSR count). The second-order valence-corrected chi connectivity index (χ2v) is 6.04. The molecule has 0 aromatic heterocycles. The zero-order valence-corrected chi connectivity index (χ0v) is 12.5. The number of carbonyl (C=O) groups is 2. The molecule has 6 heteroatoms. The standard InChI is InChI=1S/C15H18ClN3O2/c16-12-9-11(3-4-13(12)17)15(21)19-7-5-18(6-8-19)14(20)10-1-2-10/h3-4,9-10H,1-2,5-8,17H2. The summed E-state index contributed by atoms with van der Waals surface area (Å²) in [6.07, 6.45) is 2.03. The molecule has 21 heavy (non-hydrogen) atoms. The summed E-state index contributed by atoms with van der Waals surface area (Å²) in [5.41, 5.74) is 6.66. The number of amides is 2. The number of anilines is 1. The van der Waals surface area contributed by atoms with E-state index in [1.165, 1.54) is 0 Å². The third-order valence-corrected chi connectivity index (χ3v) is 4.38. The number of piperazine rings is 1. The average molecular weight is 308 g/mol. The number of rotatable bonds is 2. The van der Waals surface area contributed by atoms with Gasteiger partial charge in [-0.1, -0.05) is 11.6 Å². The number of nitrogen functional groups attached to an aromatic ring is 1. The van der Waals surface area contributed by atoms with Crippen LogP contribution < -0.4 is 5.73 Å². The molecule has 1 aliphatic carbocycles. The van der Waals surface area contributed by atoms with Crippen molar-refractivity contribution in [1.82, 2.24) is 9.80 Å². The molecule has 0 unspecified atom stereocenters. The summed E-state index contributed by atoms with van der Waals surface area (Å²) in [4.78, 5) is 28.0. The van der Waals surface area contributed by atoms with E-state index in [2.05, 4.69) is 0 Å². The van der Waals surface area contributed by atoms with E-state index in [4.69, 9.17) is 17.3 Å². The lowest BCUT2D eigenvalue weighted by Gasteiger charge is -2.35. The van der Waals surface area contributed by atoms with Gasteiger partial charge in [0, 0.05) is 37.7 Å². The average Bonchev–Trinajstić information content (AvgIpc) is 3.33. The molecule has 0 bridgehead atoms. The van der Waals surface area contributed by atoms with Crippen LogP contribution >= 0.6 is 11.6 Å². The van der Waals surface area contributed by atoms with E-state index in [1.54, 1.807) is 23.1 Å². The first-order valence-electron chi connectivity index (χ1n) is 7.19. The molecule has 0 radical (unpaired) electrons. The van der Waals surface area contributed by atoms with Crippen molar-refractivity contribution in [2.45, 2.75) is 12.8 Å². The van der Waals surface area contributed by atoms with Gasteiger partial charge in [-0.3, -0.25) is 9.59 Å². The third kappa shape index (κ3) is 2.97. The molecule has 1 heterocycles. The molecular weight excluding hydrogens is 290 g/mol. The van der Waals surface area contributed by atoms with Crippen LogP contribution in [0, 0.1) is 5.92 Å². The Morgan fingerprint density at radius 2 is 1.71 bits per heavy atom. The molecular formula is C15H18ClN3O2. The van der Waals surface area contributed by atoms with Crippen LogP contribution in [-0.2, 0) is 4.79 Å². The van der Waals surface area contributed by atoms with Gasteiger partial charge in [0.25, 0.3) is 5.91 Å². The second-order valence-electron chi connectivity index (χ2n) is 5.63. The molecule has 1 saturated heterocycles. The van der Waals surface area contributed by atoms with Gasteiger partial charge in [-0.25, -0.2) is 0 Å². The lowest BCUT2D eigenvalue weighted by molar-refractivity contribution is -0.134. The fourth-order valence-electron chi connectivity index (χ4n) is 2.56. The smallest absolute Gasteiger partial charge is 0.254 e. The van der Waals surface area contributed by atoms with Gasteiger partial charge in [-0.15, -0.1) is 0 Å². The quantitative estimate of drug-likeness (QED) is 0.844. The third-order valence-electron chi connectivity index (χ3n) is 4.05. The maximum absolute atomic E-state index is 12.4. The van der Waals surface area contributed by atoms with E-state index in [0.717, 1.165) is 12.8 Å². The highest BCUT2D eigenvalue weighted by Crippen LogP contribution is 2.31. The molecule has 2 N–H and O–H groups in total. The Morgan fingerprint density at radius 1 is 1.10 bits per heavy atom. The Morgan fingerprint density at radius 3 is 2.29 bits per heavy atom. The second kappa shape index (κ2) is 5.56. The van der Waals surface area contributed by atoms with Gasteiger partial charge in [0.2, 0.25) is 5.91 Å². The first-order valence-corrected chi connectivity index (χ1v) is 7.57. The molecule has 5 nitrogen and oxygen atoms in total. The highest BCUT2D eigenvalue weighted by Gasteiger charge is 2.35. The summed E-state index contributed by atoms with van der Waals surface area (Å²) in [7, 11) is 0. The van der Waals surface area contributed by atoms with E-state index >= 15 is 0 Å². The van der Waals surface area contributed by atoms with Crippen molar-refractivity contribution < 1.29 is 9.59 Å². The zero-order valence-electron chi connectivity index (χ0n) is 11.7. The number of nitrogens with zero attached hydrogens (tertiary/aromatic N) is 2. The van der Waals surface area contributed by atoms with Gasteiger partial charge < -0.3 is 15.5 Å². The van der Waals surface area contributed by atoms with Crippen LogP contribution in [0.15, 0.2) is 18.2 Å². The van der Waals surface area contributed by atoms with Gasteiger partial charge in [0.05, 0.1) is 10.7 Å². The van der Waals surface area contributed by atoms with Gasteiger partial charge in [-0.05, 0) is 31.0 Å². The number of hydrogen-bond acceptors (Lipinski definition) is 3. The van der Waals surface area contributed by atoms with E-state index in [-0.39, 0.29) is 17.7 Å². The van der Waals surface area contributed by atoms with Crippen LogP contribution in [0.3, 0.4) is 0 Å². The van der Waals surface area contributed by atoms with Crippen LogP contribution in [0.1, 0.15) is 23.2 Å². The largest absolute Gasteiger partial charge is 0.398 e. The van der Waals surface area contributed by atoms with Gasteiger partial charge in [-0.2, -0.15) is 0 Å². The lowest BCUT2D eigenvalue weighted by Crippen LogP contribution is -2.51. The first kappa shape index (κ1) is 14.2. The molecule has 112 valence electrons. The van der Waals surface area contributed by atoms with Crippen LogP contribution in [0.4, 0.5) is 5.69 Å². The van der Waals surface area contributed by atoms with Crippen molar-refractivity contribution >= 4 is 29.1 Å². The monoisotopic (exact) mass is 307 g/mol. The van der Waals surface area contributed by atoms with Crippen LogP contribution in [0.2, 0.25) is 5.02 Å². The molecule has 1 saturated carbocycles. The summed E-state index contributed by atoms with van der Waals surface area (Å²) < 4.78 is 0. The zero-order chi connectivity index (χ0) is 15.0.